The van der Waals surface area contributed by atoms with Crippen LogP contribution in [0.1, 0.15) is 12.0 Å². The van der Waals surface area contributed by atoms with Gasteiger partial charge < -0.3 is 19.9 Å². The minimum absolute atomic E-state index is 0.168. The van der Waals surface area contributed by atoms with Crippen LogP contribution in [-0.2, 0) is 25.5 Å². The quantitative estimate of drug-likeness (QED) is 0.625. The van der Waals surface area contributed by atoms with Crippen molar-refractivity contribution in [1.82, 2.24) is 5.32 Å². The summed E-state index contributed by atoms with van der Waals surface area (Å²) in [6, 6.07) is 8.63. The van der Waals surface area contributed by atoms with Crippen LogP contribution in [0.4, 0.5) is 0 Å². The molecule has 1 aromatic carbocycles. The molecule has 0 aliphatic heterocycles. The Balaban J connectivity index is 2.35. The van der Waals surface area contributed by atoms with Crippen LogP contribution in [0.2, 0.25) is 0 Å². The van der Waals surface area contributed by atoms with Crippen molar-refractivity contribution >= 4 is 11.9 Å². The summed E-state index contributed by atoms with van der Waals surface area (Å²) in [6.07, 6.45) is 0.922. The standard InChI is InChI=1S/C15H21NO5/c1-20-9-10-21-11-14(17)16-13(15(18)19)8-7-12-5-3-2-4-6-12/h2-6,13H,7-11H2,1H3,(H,16,17)(H,18,19)/t13-/m0/s1. The van der Waals surface area contributed by atoms with Gasteiger partial charge in [0.25, 0.3) is 0 Å². The van der Waals surface area contributed by atoms with Crippen molar-refractivity contribution in [3.63, 3.8) is 0 Å². The Morgan fingerprint density at radius 2 is 1.95 bits per heavy atom. The molecule has 6 heteroatoms. The highest BCUT2D eigenvalue weighted by Gasteiger charge is 2.19. The van der Waals surface area contributed by atoms with Crippen LogP contribution in [-0.4, -0.2) is 50.0 Å². The fourth-order valence-corrected chi connectivity index (χ4v) is 1.76. The topological polar surface area (TPSA) is 84.9 Å². The van der Waals surface area contributed by atoms with Gasteiger partial charge in [-0.25, -0.2) is 4.79 Å². The molecular formula is C15H21NO5. The molecule has 2 N–H and O–H groups in total. The van der Waals surface area contributed by atoms with E-state index in [1.54, 1.807) is 0 Å². The molecular weight excluding hydrogens is 274 g/mol. The number of methoxy groups -OCH3 is 1. The van der Waals surface area contributed by atoms with Crippen LogP contribution in [0.25, 0.3) is 0 Å². The van der Waals surface area contributed by atoms with E-state index in [1.165, 1.54) is 7.11 Å². The molecule has 1 amide bonds. The lowest BCUT2D eigenvalue weighted by molar-refractivity contribution is -0.142. The minimum atomic E-state index is -1.05. The van der Waals surface area contributed by atoms with Gasteiger partial charge >= 0.3 is 5.97 Å². The fraction of sp³-hybridized carbons (Fsp3) is 0.467. The number of carbonyl (C=O) groups is 2. The Bertz CT molecular complexity index is 435. The van der Waals surface area contributed by atoms with Gasteiger partial charge in [-0.3, -0.25) is 4.79 Å². The first-order chi connectivity index (χ1) is 10.1. The molecule has 0 bridgehead atoms. The summed E-state index contributed by atoms with van der Waals surface area (Å²) in [7, 11) is 1.54. The van der Waals surface area contributed by atoms with Gasteiger partial charge in [0.15, 0.2) is 0 Å². The summed E-state index contributed by atoms with van der Waals surface area (Å²) >= 11 is 0. The van der Waals surface area contributed by atoms with Crippen molar-refractivity contribution in [2.75, 3.05) is 26.9 Å². The number of carbonyl (C=O) groups excluding carboxylic acids is 1. The van der Waals surface area contributed by atoms with Crippen LogP contribution in [0.5, 0.6) is 0 Å². The normalized spacial score (nSPS) is 11.9. The lowest BCUT2D eigenvalue weighted by atomic mass is 10.1. The molecule has 116 valence electrons. The Kier molecular flexibility index (Phi) is 8.08. The summed E-state index contributed by atoms with van der Waals surface area (Å²) in [4.78, 5) is 22.7. The zero-order valence-electron chi connectivity index (χ0n) is 12.1. The molecule has 0 heterocycles. The predicted molar refractivity (Wildman–Crippen MR) is 77.0 cm³/mol. The second kappa shape index (κ2) is 9.90. The number of ether oxygens (including phenoxy) is 2. The minimum Gasteiger partial charge on any atom is -0.480 e. The number of nitrogens with one attached hydrogen (secondary N) is 1. The highest BCUT2D eigenvalue weighted by Crippen LogP contribution is 2.05. The number of carboxylic acids is 1. The van der Waals surface area contributed by atoms with Crippen molar-refractivity contribution in [2.45, 2.75) is 18.9 Å². The van der Waals surface area contributed by atoms with Gasteiger partial charge in [0, 0.05) is 7.11 Å². The second-order valence-electron chi connectivity index (χ2n) is 4.53. The number of aliphatic carboxylic acids is 1. The zero-order chi connectivity index (χ0) is 15.5. The van der Waals surface area contributed by atoms with Crippen LogP contribution < -0.4 is 5.32 Å². The molecule has 0 saturated carbocycles. The SMILES string of the molecule is COCCOCC(=O)N[C@@H](CCc1ccccc1)C(=O)O. The van der Waals surface area contributed by atoms with Crippen LogP contribution >= 0.6 is 0 Å². The lowest BCUT2D eigenvalue weighted by Gasteiger charge is -2.14. The molecule has 0 saturated heterocycles. The van der Waals surface area contributed by atoms with Crippen molar-refractivity contribution in [1.29, 1.82) is 0 Å². The molecule has 6 nitrogen and oxygen atoms in total. The molecule has 0 unspecified atom stereocenters. The average molecular weight is 295 g/mol. The van der Waals surface area contributed by atoms with E-state index in [4.69, 9.17) is 14.6 Å². The number of rotatable bonds is 10. The van der Waals surface area contributed by atoms with Crippen LogP contribution in [0, 0.1) is 0 Å². The molecule has 0 spiro atoms. The third-order valence-corrected chi connectivity index (χ3v) is 2.86. The maximum atomic E-state index is 11.6. The molecule has 1 rings (SSSR count). The lowest BCUT2D eigenvalue weighted by Crippen LogP contribution is -2.42. The van der Waals surface area contributed by atoms with Gasteiger partial charge in [-0.15, -0.1) is 0 Å². The average Bonchev–Trinajstić information content (AvgIpc) is 2.48. The first kappa shape index (κ1) is 17.1. The molecule has 0 aliphatic rings. The summed E-state index contributed by atoms with van der Waals surface area (Å²) in [5.41, 5.74) is 1.04. The van der Waals surface area contributed by atoms with E-state index < -0.39 is 17.9 Å². The molecule has 0 radical (unpaired) electrons. The summed E-state index contributed by atoms with van der Waals surface area (Å²) in [5, 5.41) is 11.6. The summed E-state index contributed by atoms with van der Waals surface area (Å²) in [5.74, 6) is -1.48. The molecule has 0 aliphatic carbocycles. The van der Waals surface area contributed by atoms with Crippen molar-refractivity contribution < 1.29 is 24.2 Å². The number of aryl methyl sites for hydroxylation is 1. The monoisotopic (exact) mass is 295 g/mol. The molecule has 0 fully saturated rings. The maximum Gasteiger partial charge on any atom is 0.326 e. The van der Waals surface area contributed by atoms with Crippen LogP contribution in [0.3, 0.4) is 0 Å². The molecule has 1 atom stereocenters. The number of hydrogen-bond donors (Lipinski definition) is 2. The van der Waals surface area contributed by atoms with E-state index in [-0.39, 0.29) is 6.61 Å². The van der Waals surface area contributed by atoms with E-state index in [9.17, 15) is 9.59 Å². The first-order valence-electron chi connectivity index (χ1n) is 6.76. The second-order valence-corrected chi connectivity index (χ2v) is 4.53. The highest BCUT2D eigenvalue weighted by molar-refractivity contribution is 5.84. The third kappa shape index (κ3) is 7.43. The summed E-state index contributed by atoms with van der Waals surface area (Å²) < 4.78 is 9.83. The van der Waals surface area contributed by atoms with Gasteiger partial charge in [0.2, 0.25) is 5.91 Å². The number of benzene rings is 1. The molecule has 0 aromatic heterocycles. The van der Waals surface area contributed by atoms with E-state index in [0.29, 0.717) is 26.1 Å². The van der Waals surface area contributed by atoms with Gasteiger partial charge in [0.05, 0.1) is 13.2 Å². The summed E-state index contributed by atoms with van der Waals surface area (Å²) in [6.45, 7) is 0.522. The number of carboxylic acid groups (broad SMARTS) is 1. The highest BCUT2D eigenvalue weighted by atomic mass is 16.5. The van der Waals surface area contributed by atoms with Gasteiger partial charge in [-0.05, 0) is 18.4 Å². The Labute approximate surface area is 124 Å². The van der Waals surface area contributed by atoms with Crippen molar-refractivity contribution in [2.24, 2.45) is 0 Å². The maximum absolute atomic E-state index is 11.6. The van der Waals surface area contributed by atoms with E-state index >= 15 is 0 Å². The predicted octanol–water partition coefficient (Wildman–Crippen LogP) is 0.852. The number of hydrogen-bond acceptors (Lipinski definition) is 4. The van der Waals surface area contributed by atoms with E-state index in [2.05, 4.69) is 5.32 Å². The van der Waals surface area contributed by atoms with Crippen molar-refractivity contribution in [3.8, 4) is 0 Å². The van der Waals surface area contributed by atoms with E-state index in [0.717, 1.165) is 5.56 Å². The Hall–Kier alpha value is -1.92. The van der Waals surface area contributed by atoms with Crippen LogP contribution in [0.15, 0.2) is 30.3 Å². The van der Waals surface area contributed by atoms with Gasteiger partial charge in [0.1, 0.15) is 12.6 Å². The van der Waals surface area contributed by atoms with Gasteiger partial charge in [-0.1, -0.05) is 30.3 Å². The van der Waals surface area contributed by atoms with Crippen molar-refractivity contribution in [3.05, 3.63) is 35.9 Å². The third-order valence-electron chi connectivity index (χ3n) is 2.86. The number of amides is 1. The largest absolute Gasteiger partial charge is 0.480 e. The van der Waals surface area contributed by atoms with E-state index in [1.807, 2.05) is 30.3 Å². The zero-order valence-corrected chi connectivity index (χ0v) is 12.1. The van der Waals surface area contributed by atoms with Gasteiger partial charge in [-0.2, -0.15) is 0 Å². The Morgan fingerprint density at radius 1 is 1.24 bits per heavy atom. The smallest absolute Gasteiger partial charge is 0.326 e. The molecule has 21 heavy (non-hydrogen) atoms. The molecule has 1 aromatic rings. The fourth-order valence-electron chi connectivity index (χ4n) is 1.76. The first-order valence-corrected chi connectivity index (χ1v) is 6.76. The Morgan fingerprint density at radius 3 is 2.57 bits per heavy atom.